The molecule has 1 aromatic rings. The molecule has 0 radical (unpaired) electrons. The zero-order valence-electron chi connectivity index (χ0n) is 7.93. The first kappa shape index (κ1) is 10.9. The van der Waals surface area contributed by atoms with Gasteiger partial charge in [-0.05, 0) is 12.1 Å². The Hall–Kier alpha value is -1.14. The van der Waals surface area contributed by atoms with E-state index in [9.17, 15) is 8.42 Å². The minimum absolute atomic E-state index is 0.229. The van der Waals surface area contributed by atoms with Crippen LogP contribution in [-0.2, 0) is 20.1 Å². The summed E-state index contributed by atoms with van der Waals surface area (Å²) in [7, 11) is -0.855. The molecular weight excluding hydrogens is 206 g/mol. The van der Waals surface area contributed by atoms with Crippen molar-refractivity contribution in [2.75, 3.05) is 14.2 Å². The summed E-state index contributed by atoms with van der Waals surface area (Å²) in [4.78, 5) is 3.90. The lowest BCUT2D eigenvalue weighted by atomic mass is 10.4. The Morgan fingerprint density at radius 1 is 1.36 bits per heavy atom. The molecule has 1 rings (SSSR count). The molecule has 0 saturated heterocycles. The van der Waals surface area contributed by atoms with Crippen LogP contribution in [0.2, 0.25) is 0 Å². The number of ether oxygens (including phenoxy) is 1. The second-order valence-electron chi connectivity index (χ2n) is 2.56. The largest absolute Gasteiger partial charge is 0.495 e. The van der Waals surface area contributed by atoms with Crippen LogP contribution in [0.4, 0.5) is 0 Å². The molecule has 0 saturated carbocycles. The molecular formula is C8H11NO4S. The number of rotatable bonds is 4. The Morgan fingerprint density at radius 3 is 2.50 bits per heavy atom. The Bertz CT molecular complexity index is 384. The fourth-order valence-corrected chi connectivity index (χ4v) is 1.51. The number of methoxy groups -OCH3 is 1. The standard InChI is InChI=1S/C8H11NO4S/c1-12-8-4-3-7(9-5-8)6-14(10,11)13-2/h3-5H,6H2,1-2H3. The van der Waals surface area contributed by atoms with Gasteiger partial charge < -0.3 is 4.74 Å². The van der Waals surface area contributed by atoms with Crippen LogP contribution in [0.1, 0.15) is 5.69 Å². The monoisotopic (exact) mass is 217 g/mol. The van der Waals surface area contributed by atoms with Crippen LogP contribution in [0.15, 0.2) is 18.3 Å². The average Bonchev–Trinajstić information content (AvgIpc) is 2.19. The van der Waals surface area contributed by atoms with Crippen molar-refractivity contribution in [1.29, 1.82) is 0 Å². The fraction of sp³-hybridized carbons (Fsp3) is 0.375. The SMILES string of the molecule is COc1ccc(CS(=O)(=O)OC)nc1. The van der Waals surface area contributed by atoms with Gasteiger partial charge in [-0.25, -0.2) is 0 Å². The van der Waals surface area contributed by atoms with Crippen LogP contribution in [0, 0.1) is 0 Å². The van der Waals surface area contributed by atoms with Gasteiger partial charge in [-0.15, -0.1) is 0 Å². The number of nitrogens with zero attached hydrogens (tertiary/aromatic N) is 1. The van der Waals surface area contributed by atoms with Gasteiger partial charge in [0.2, 0.25) is 0 Å². The summed E-state index contributed by atoms with van der Waals surface area (Å²) in [6.07, 6.45) is 1.46. The summed E-state index contributed by atoms with van der Waals surface area (Å²) in [6.45, 7) is 0. The third-order valence-electron chi connectivity index (χ3n) is 1.61. The van der Waals surface area contributed by atoms with Gasteiger partial charge in [-0.1, -0.05) is 0 Å². The minimum atomic E-state index is -3.50. The molecule has 0 aromatic carbocycles. The first-order chi connectivity index (χ1) is 6.57. The van der Waals surface area contributed by atoms with Crippen molar-refractivity contribution in [3.05, 3.63) is 24.0 Å². The molecule has 0 aliphatic rings. The number of pyridine rings is 1. The molecule has 0 aliphatic heterocycles. The maximum Gasteiger partial charge on any atom is 0.272 e. The quantitative estimate of drug-likeness (QED) is 0.690. The van der Waals surface area contributed by atoms with Gasteiger partial charge >= 0.3 is 0 Å². The highest BCUT2D eigenvalue weighted by Gasteiger charge is 2.10. The second kappa shape index (κ2) is 4.39. The van der Waals surface area contributed by atoms with Crippen LogP contribution in [0.5, 0.6) is 5.75 Å². The molecule has 0 N–H and O–H groups in total. The van der Waals surface area contributed by atoms with E-state index < -0.39 is 10.1 Å². The van der Waals surface area contributed by atoms with Crippen molar-refractivity contribution in [1.82, 2.24) is 4.98 Å². The van der Waals surface area contributed by atoms with Gasteiger partial charge in [0, 0.05) is 0 Å². The summed E-state index contributed by atoms with van der Waals surface area (Å²) >= 11 is 0. The highest BCUT2D eigenvalue weighted by molar-refractivity contribution is 7.85. The number of hydrogen-bond donors (Lipinski definition) is 0. The predicted octanol–water partition coefficient (Wildman–Crippen LogP) is 0.566. The van der Waals surface area contributed by atoms with Gasteiger partial charge in [0.25, 0.3) is 10.1 Å². The van der Waals surface area contributed by atoms with Crippen LogP contribution in [0.25, 0.3) is 0 Å². The fourth-order valence-electron chi connectivity index (χ4n) is 0.857. The van der Waals surface area contributed by atoms with E-state index in [2.05, 4.69) is 9.17 Å². The molecule has 5 nitrogen and oxygen atoms in total. The van der Waals surface area contributed by atoms with Crippen molar-refractivity contribution < 1.29 is 17.3 Å². The van der Waals surface area contributed by atoms with Crippen LogP contribution < -0.4 is 4.74 Å². The third-order valence-corrected chi connectivity index (χ3v) is 2.77. The van der Waals surface area contributed by atoms with Crippen molar-refractivity contribution in [3.8, 4) is 5.75 Å². The molecule has 0 bridgehead atoms. The summed E-state index contributed by atoms with van der Waals surface area (Å²) < 4.78 is 31.2. The van der Waals surface area contributed by atoms with Crippen LogP contribution in [-0.4, -0.2) is 27.6 Å². The number of aromatic nitrogens is 1. The van der Waals surface area contributed by atoms with E-state index >= 15 is 0 Å². The summed E-state index contributed by atoms with van der Waals surface area (Å²) in [5.41, 5.74) is 0.424. The van der Waals surface area contributed by atoms with Gasteiger partial charge in [-0.3, -0.25) is 9.17 Å². The molecule has 0 spiro atoms. The molecule has 0 amide bonds. The Balaban J connectivity index is 2.79. The first-order valence-corrected chi connectivity index (χ1v) is 5.42. The van der Waals surface area contributed by atoms with E-state index in [1.807, 2.05) is 0 Å². The highest BCUT2D eigenvalue weighted by Crippen LogP contribution is 2.10. The van der Waals surface area contributed by atoms with Crippen molar-refractivity contribution in [3.63, 3.8) is 0 Å². The lowest BCUT2D eigenvalue weighted by molar-refractivity contribution is 0.396. The van der Waals surface area contributed by atoms with Crippen molar-refractivity contribution >= 4 is 10.1 Å². The van der Waals surface area contributed by atoms with Gasteiger partial charge in [0.05, 0.1) is 26.1 Å². The smallest absolute Gasteiger partial charge is 0.272 e. The Morgan fingerprint density at radius 2 is 2.07 bits per heavy atom. The summed E-state index contributed by atoms with van der Waals surface area (Å²) in [5, 5.41) is 0. The number of hydrogen-bond acceptors (Lipinski definition) is 5. The lowest BCUT2D eigenvalue weighted by Crippen LogP contribution is -2.06. The minimum Gasteiger partial charge on any atom is -0.495 e. The summed E-state index contributed by atoms with van der Waals surface area (Å²) in [6, 6.07) is 3.23. The molecule has 0 atom stereocenters. The molecule has 0 unspecified atom stereocenters. The maximum atomic E-state index is 11.0. The Labute approximate surface area is 82.8 Å². The van der Waals surface area contributed by atoms with E-state index in [1.165, 1.54) is 13.3 Å². The molecule has 1 heterocycles. The van der Waals surface area contributed by atoms with Crippen molar-refractivity contribution in [2.45, 2.75) is 5.75 Å². The topological polar surface area (TPSA) is 65.5 Å². The Kier molecular flexibility index (Phi) is 3.43. The average molecular weight is 217 g/mol. The van der Waals surface area contributed by atoms with Gasteiger partial charge in [0.15, 0.2) is 0 Å². The molecule has 1 aromatic heterocycles. The van der Waals surface area contributed by atoms with E-state index in [0.29, 0.717) is 11.4 Å². The normalized spacial score (nSPS) is 11.3. The first-order valence-electron chi connectivity index (χ1n) is 3.84. The molecule has 6 heteroatoms. The van der Waals surface area contributed by atoms with Crippen molar-refractivity contribution in [2.24, 2.45) is 0 Å². The highest BCUT2D eigenvalue weighted by atomic mass is 32.2. The zero-order chi connectivity index (χ0) is 10.6. The lowest BCUT2D eigenvalue weighted by Gasteiger charge is -2.02. The maximum absolute atomic E-state index is 11.0. The molecule has 0 fully saturated rings. The predicted molar refractivity (Wildman–Crippen MR) is 50.4 cm³/mol. The summed E-state index contributed by atoms with van der Waals surface area (Å²) in [5.74, 6) is 0.358. The van der Waals surface area contributed by atoms with E-state index in [-0.39, 0.29) is 5.75 Å². The molecule has 78 valence electrons. The molecule has 14 heavy (non-hydrogen) atoms. The van der Waals surface area contributed by atoms with Crippen LogP contribution in [0.3, 0.4) is 0 Å². The van der Waals surface area contributed by atoms with E-state index in [4.69, 9.17) is 4.74 Å². The van der Waals surface area contributed by atoms with Crippen LogP contribution >= 0.6 is 0 Å². The second-order valence-corrected chi connectivity index (χ2v) is 4.30. The van der Waals surface area contributed by atoms with E-state index in [1.54, 1.807) is 12.1 Å². The van der Waals surface area contributed by atoms with Gasteiger partial charge in [0.1, 0.15) is 11.5 Å². The third kappa shape index (κ3) is 2.97. The molecule has 0 aliphatic carbocycles. The van der Waals surface area contributed by atoms with E-state index in [0.717, 1.165) is 7.11 Å². The van der Waals surface area contributed by atoms with Gasteiger partial charge in [-0.2, -0.15) is 8.42 Å². The zero-order valence-corrected chi connectivity index (χ0v) is 8.74.